The maximum Gasteiger partial charge on any atom is 0.407 e. The average Bonchev–Trinajstić information content (AvgIpc) is 3.01. The van der Waals surface area contributed by atoms with Gasteiger partial charge in [0.25, 0.3) is 0 Å². The molecule has 0 saturated carbocycles. The third kappa shape index (κ3) is 10.3. The number of anilines is 1. The number of methoxy groups -OCH3 is 1. The minimum absolute atomic E-state index is 0.0205. The Morgan fingerprint density at radius 1 is 1.02 bits per heavy atom. The predicted octanol–water partition coefficient (Wildman–Crippen LogP) is 4.34. The number of nitrogens with one attached hydrogen (secondary N) is 2. The van der Waals surface area contributed by atoms with Crippen LogP contribution in [-0.2, 0) is 26.0 Å². The van der Waals surface area contributed by atoms with Crippen LogP contribution in [0, 0.1) is 11.7 Å². The van der Waals surface area contributed by atoms with Crippen LogP contribution < -0.4 is 16.4 Å². The van der Waals surface area contributed by atoms with Gasteiger partial charge in [-0.05, 0) is 71.8 Å². The summed E-state index contributed by atoms with van der Waals surface area (Å²) >= 11 is 0. The third-order valence-corrected chi connectivity index (χ3v) is 9.22. The van der Waals surface area contributed by atoms with Crippen molar-refractivity contribution in [2.45, 2.75) is 56.5 Å². The van der Waals surface area contributed by atoms with E-state index >= 15 is 0 Å². The molecule has 0 aliphatic carbocycles. The molecule has 0 saturated heterocycles. The van der Waals surface area contributed by atoms with Crippen LogP contribution >= 0.6 is 0 Å². The number of alkyl carbamates (subject to hydrolysis) is 1. The number of nitrogens with zero attached hydrogens (tertiary/aromatic N) is 1. The maximum atomic E-state index is 13.9. The SMILES string of the molecule is COC(=O)N[C@@H](Cc1ccccc1-c1cccc(F)c1)C(=O)NCCCCC(CO)N(CC(C)C)S(=O)(=O)c1ccc(N)cc1. The number of ether oxygens (including phenoxy) is 1. The Kier molecular flexibility index (Phi) is 13.3. The summed E-state index contributed by atoms with van der Waals surface area (Å²) in [5.41, 5.74) is 8.29. The number of aliphatic hydroxyl groups is 1. The molecule has 3 aromatic carbocycles. The minimum atomic E-state index is -3.89. The number of amides is 2. The molecule has 0 heterocycles. The number of hydrogen-bond acceptors (Lipinski definition) is 7. The quantitative estimate of drug-likeness (QED) is 0.134. The summed E-state index contributed by atoms with van der Waals surface area (Å²) < 4.78 is 47.0. The highest BCUT2D eigenvalue weighted by atomic mass is 32.2. The highest BCUT2D eigenvalue weighted by Crippen LogP contribution is 2.26. The van der Waals surface area contributed by atoms with Crippen LogP contribution in [0.3, 0.4) is 0 Å². The summed E-state index contributed by atoms with van der Waals surface area (Å²) in [6.45, 7) is 3.95. The van der Waals surface area contributed by atoms with Crippen molar-refractivity contribution in [2.75, 3.05) is 32.5 Å². The highest BCUT2D eigenvalue weighted by Gasteiger charge is 2.31. The van der Waals surface area contributed by atoms with Gasteiger partial charge in [0.05, 0.1) is 18.6 Å². The Labute approximate surface area is 264 Å². The van der Waals surface area contributed by atoms with E-state index < -0.39 is 34.1 Å². The van der Waals surface area contributed by atoms with Gasteiger partial charge >= 0.3 is 6.09 Å². The Morgan fingerprint density at radius 2 is 1.73 bits per heavy atom. The molecule has 0 fully saturated rings. The number of aliphatic hydroxyl groups excluding tert-OH is 1. The van der Waals surface area contributed by atoms with Crippen LogP contribution in [0.25, 0.3) is 11.1 Å². The molecule has 0 aliphatic rings. The smallest absolute Gasteiger partial charge is 0.407 e. The second-order valence-corrected chi connectivity index (χ2v) is 13.1. The zero-order valence-corrected chi connectivity index (χ0v) is 26.7. The fourth-order valence-corrected chi connectivity index (χ4v) is 6.82. The molecule has 244 valence electrons. The summed E-state index contributed by atoms with van der Waals surface area (Å²) in [5, 5.41) is 15.6. The van der Waals surface area contributed by atoms with E-state index in [1.165, 1.54) is 47.8 Å². The number of hydrogen-bond donors (Lipinski definition) is 4. The van der Waals surface area contributed by atoms with Gasteiger partial charge in [-0.1, -0.05) is 56.7 Å². The number of sulfonamides is 1. The van der Waals surface area contributed by atoms with Crippen LogP contribution in [0.5, 0.6) is 0 Å². The lowest BCUT2D eigenvalue weighted by atomic mass is 9.94. The summed E-state index contributed by atoms with van der Waals surface area (Å²) in [7, 11) is -2.68. The molecular formula is C33H43FN4O6S. The number of carbonyl (C=O) groups is 2. The molecule has 3 rings (SSSR count). The Balaban J connectivity index is 1.65. The Hall–Kier alpha value is -4.00. The van der Waals surface area contributed by atoms with E-state index in [-0.39, 0.29) is 42.7 Å². The first-order valence-electron chi connectivity index (χ1n) is 14.9. The monoisotopic (exact) mass is 642 g/mol. The van der Waals surface area contributed by atoms with E-state index in [0.717, 1.165) is 11.1 Å². The Morgan fingerprint density at radius 3 is 2.38 bits per heavy atom. The molecule has 10 nitrogen and oxygen atoms in total. The van der Waals surface area contributed by atoms with E-state index in [0.29, 0.717) is 30.5 Å². The zero-order valence-electron chi connectivity index (χ0n) is 25.9. The highest BCUT2D eigenvalue weighted by molar-refractivity contribution is 7.89. The van der Waals surface area contributed by atoms with Gasteiger partial charge < -0.3 is 26.2 Å². The van der Waals surface area contributed by atoms with Gasteiger partial charge in [-0.3, -0.25) is 4.79 Å². The molecule has 12 heteroatoms. The number of rotatable bonds is 16. The van der Waals surface area contributed by atoms with Crippen molar-refractivity contribution < 1.29 is 32.2 Å². The molecule has 0 radical (unpaired) electrons. The van der Waals surface area contributed by atoms with Crippen LogP contribution in [0.4, 0.5) is 14.9 Å². The van der Waals surface area contributed by atoms with Crippen molar-refractivity contribution >= 4 is 27.7 Å². The molecule has 3 aromatic rings. The molecule has 2 atom stereocenters. The maximum absolute atomic E-state index is 13.9. The molecule has 0 bridgehead atoms. The van der Waals surface area contributed by atoms with Crippen molar-refractivity contribution in [2.24, 2.45) is 5.92 Å². The predicted molar refractivity (Wildman–Crippen MR) is 172 cm³/mol. The van der Waals surface area contributed by atoms with E-state index in [2.05, 4.69) is 10.6 Å². The van der Waals surface area contributed by atoms with Gasteiger partial charge in [-0.2, -0.15) is 4.31 Å². The number of nitrogen functional groups attached to an aromatic ring is 1. The van der Waals surface area contributed by atoms with Crippen LogP contribution in [0.1, 0.15) is 38.7 Å². The van der Waals surface area contributed by atoms with Gasteiger partial charge in [0.15, 0.2) is 0 Å². The van der Waals surface area contributed by atoms with E-state index in [1.807, 2.05) is 32.0 Å². The first kappa shape index (κ1) is 35.5. The lowest BCUT2D eigenvalue weighted by molar-refractivity contribution is -0.123. The summed E-state index contributed by atoms with van der Waals surface area (Å²) in [5.74, 6) is -0.796. The van der Waals surface area contributed by atoms with Crippen molar-refractivity contribution in [1.82, 2.24) is 14.9 Å². The standard InChI is InChI=1S/C33H43FN4O6S/c1-23(2)21-38(45(42,43)29-16-14-27(35)15-17-29)28(22-39)12-6-7-18-36-32(40)31(37-33(41)44-3)20-25-9-4-5-13-30(25)24-10-8-11-26(34)19-24/h4-5,8-11,13-17,19,23,28,31,39H,6-7,12,18,20-22,35H2,1-3H3,(H,36,40)(H,37,41)/t28?,31-/m0/s1. The van der Waals surface area contributed by atoms with Crippen molar-refractivity contribution in [3.63, 3.8) is 0 Å². The van der Waals surface area contributed by atoms with Gasteiger partial charge in [0, 0.05) is 31.2 Å². The first-order chi connectivity index (χ1) is 21.5. The molecule has 1 unspecified atom stereocenters. The summed E-state index contributed by atoms with van der Waals surface area (Å²) in [6.07, 6.45) is 0.766. The summed E-state index contributed by atoms with van der Waals surface area (Å²) in [6, 6.07) is 17.7. The first-order valence-corrected chi connectivity index (χ1v) is 16.3. The zero-order chi connectivity index (χ0) is 33.0. The van der Waals surface area contributed by atoms with E-state index in [9.17, 15) is 27.5 Å². The summed E-state index contributed by atoms with van der Waals surface area (Å²) in [4.78, 5) is 25.4. The number of unbranched alkanes of at least 4 members (excludes halogenated alkanes) is 1. The van der Waals surface area contributed by atoms with Gasteiger partial charge in [-0.15, -0.1) is 0 Å². The number of carbonyl (C=O) groups excluding carboxylic acids is 2. The topological polar surface area (TPSA) is 151 Å². The third-order valence-electron chi connectivity index (χ3n) is 7.28. The van der Waals surface area contributed by atoms with Gasteiger partial charge in [0.2, 0.25) is 15.9 Å². The van der Waals surface area contributed by atoms with Crippen molar-refractivity contribution in [3.05, 3.63) is 84.2 Å². The molecular weight excluding hydrogens is 599 g/mol. The lowest BCUT2D eigenvalue weighted by Crippen LogP contribution is -2.48. The van der Waals surface area contributed by atoms with Gasteiger partial charge in [0.1, 0.15) is 11.9 Å². The van der Waals surface area contributed by atoms with E-state index in [4.69, 9.17) is 10.5 Å². The normalized spacial score (nSPS) is 13.0. The molecule has 0 aromatic heterocycles. The molecule has 45 heavy (non-hydrogen) atoms. The van der Waals surface area contributed by atoms with Crippen LogP contribution in [0.15, 0.2) is 77.7 Å². The second kappa shape index (κ2) is 16.9. The number of nitrogens with two attached hydrogens (primary N) is 1. The number of halogens is 1. The fourth-order valence-electron chi connectivity index (χ4n) is 5.01. The van der Waals surface area contributed by atoms with E-state index in [1.54, 1.807) is 18.2 Å². The molecule has 2 amide bonds. The van der Waals surface area contributed by atoms with Gasteiger partial charge in [-0.25, -0.2) is 17.6 Å². The second-order valence-electron chi connectivity index (χ2n) is 11.2. The Bertz CT molecular complexity index is 1520. The largest absolute Gasteiger partial charge is 0.453 e. The van der Waals surface area contributed by atoms with Crippen molar-refractivity contribution in [1.29, 1.82) is 0 Å². The van der Waals surface area contributed by atoms with Crippen molar-refractivity contribution in [3.8, 4) is 11.1 Å². The fraction of sp³-hybridized carbons (Fsp3) is 0.394. The average molecular weight is 643 g/mol. The molecule has 0 spiro atoms. The lowest BCUT2D eigenvalue weighted by Gasteiger charge is -2.31. The van der Waals surface area contributed by atoms with Crippen LogP contribution in [-0.4, -0.2) is 68.7 Å². The van der Waals surface area contributed by atoms with Crippen LogP contribution in [0.2, 0.25) is 0 Å². The minimum Gasteiger partial charge on any atom is -0.453 e. The molecule has 5 N–H and O–H groups in total. The molecule has 0 aliphatic heterocycles. The number of benzene rings is 3.